The average molecular weight is 319 g/mol. The number of anilines is 1. The fraction of sp³-hybridized carbons (Fsp3) is 0. The van der Waals surface area contributed by atoms with Gasteiger partial charge in [0.2, 0.25) is 0 Å². The van der Waals surface area contributed by atoms with Gasteiger partial charge in [0.15, 0.2) is 0 Å². The standard InChI is InChI=1S/C8H7BINO2S/c10-8-4-3-7(11)14-6(4)2-1-5(8)9(12)13/h1-3,12-13H,11H2. The zero-order chi connectivity index (χ0) is 10.3. The van der Waals surface area contributed by atoms with E-state index in [-0.39, 0.29) is 0 Å². The minimum absolute atomic E-state index is 0.524. The monoisotopic (exact) mass is 319 g/mol. The molecule has 0 unspecified atom stereocenters. The molecule has 0 radical (unpaired) electrons. The fourth-order valence-corrected chi connectivity index (χ4v) is 3.24. The lowest BCUT2D eigenvalue weighted by atomic mass is 9.80. The van der Waals surface area contributed by atoms with Crippen LogP contribution in [0.4, 0.5) is 5.00 Å². The Kier molecular flexibility index (Phi) is 2.69. The summed E-state index contributed by atoms with van der Waals surface area (Å²) in [4.78, 5) is 0. The molecular formula is C8H7BINO2S. The van der Waals surface area contributed by atoms with Gasteiger partial charge < -0.3 is 15.8 Å². The summed E-state index contributed by atoms with van der Waals surface area (Å²) in [6.45, 7) is 0. The second kappa shape index (κ2) is 3.69. The van der Waals surface area contributed by atoms with Gasteiger partial charge in [-0.1, -0.05) is 6.07 Å². The van der Waals surface area contributed by atoms with Gasteiger partial charge in [-0.25, -0.2) is 0 Å². The van der Waals surface area contributed by atoms with Gasteiger partial charge in [0.05, 0.1) is 5.00 Å². The van der Waals surface area contributed by atoms with Crippen molar-refractivity contribution >= 4 is 61.6 Å². The Morgan fingerprint density at radius 1 is 1.36 bits per heavy atom. The molecule has 0 saturated heterocycles. The van der Waals surface area contributed by atoms with Crippen LogP contribution in [0.3, 0.4) is 0 Å². The van der Waals surface area contributed by atoms with E-state index in [0.29, 0.717) is 5.46 Å². The summed E-state index contributed by atoms with van der Waals surface area (Å²) in [5.41, 5.74) is 6.20. The van der Waals surface area contributed by atoms with Crippen LogP contribution >= 0.6 is 33.9 Å². The van der Waals surface area contributed by atoms with E-state index in [1.54, 1.807) is 6.07 Å². The van der Waals surface area contributed by atoms with Crippen molar-refractivity contribution in [2.24, 2.45) is 0 Å². The number of nitrogens with two attached hydrogens (primary N) is 1. The minimum atomic E-state index is -1.42. The Morgan fingerprint density at radius 2 is 2.07 bits per heavy atom. The zero-order valence-corrected chi connectivity index (χ0v) is 10.0. The molecule has 72 valence electrons. The highest BCUT2D eigenvalue weighted by Gasteiger charge is 2.17. The SMILES string of the molecule is Nc1cc2c(I)c(B(O)O)ccc2s1. The van der Waals surface area contributed by atoms with Crippen LogP contribution in [0, 0.1) is 3.57 Å². The van der Waals surface area contributed by atoms with Crippen LogP contribution in [0.25, 0.3) is 10.1 Å². The molecule has 2 rings (SSSR count). The Labute approximate surface area is 98.8 Å². The van der Waals surface area contributed by atoms with E-state index in [9.17, 15) is 0 Å². The molecule has 0 aliphatic heterocycles. The predicted molar refractivity (Wildman–Crippen MR) is 68.8 cm³/mol. The molecule has 4 N–H and O–H groups in total. The largest absolute Gasteiger partial charge is 0.489 e. The second-order valence-corrected chi connectivity index (χ2v) is 5.10. The first-order valence-corrected chi connectivity index (χ1v) is 5.82. The summed E-state index contributed by atoms with van der Waals surface area (Å²) in [6, 6.07) is 5.42. The molecule has 14 heavy (non-hydrogen) atoms. The number of nitrogen functional groups attached to an aromatic ring is 1. The highest BCUT2D eigenvalue weighted by Crippen LogP contribution is 2.29. The van der Waals surface area contributed by atoms with Crippen molar-refractivity contribution in [3.05, 3.63) is 21.8 Å². The van der Waals surface area contributed by atoms with Crippen molar-refractivity contribution in [3.8, 4) is 0 Å². The average Bonchev–Trinajstić information content (AvgIpc) is 2.46. The summed E-state index contributed by atoms with van der Waals surface area (Å²) >= 11 is 3.59. The summed E-state index contributed by atoms with van der Waals surface area (Å²) < 4.78 is 1.92. The molecule has 1 aromatic heterocycles. The molecular weight excluding hydrogens is 312 g/mol. The zero-order valence-electron chi connectivity index (χ0n) is 7.07. The van der Waals surface area contributed by atoms with Crippen molar-refractivity contribution in [1.29, 1.82) is 0 Å². The van der Waals surface area contributed by atoms with Gasteiger partial charge in [-0.3, -0.25) is 0 Å². The maximum Gasteiger partial charge on any atom is 0.489 e. The Balaban J connectivity index is 2.74. The third kappa shape index (κ3) is 1.62. The van der Waals surface area contributed by atoms with E-state index in [1.165, 1.54) is 11.3 Å². The first-order chi connectivity index (χ1) is 6.59. The van der Waals surface area contributed by atoms with Crippen LogP contribution in [0.1, 0.15) is 0 Å². The van der Waals surface area contributed by atoms with Gasteiger partial charge in [-0.2, -0.15) is 0 Å². The molecule has 0 fully saturated rings. The van der Waals surface area contributed by atoms with Crippen LogP contribution in [-0.2, 0) is 0 Å². The maximum atomic E-state index is 9.09. The number of thiophene rings is 1. The van der Waals surface area contributed by atoms with Crippen molar-refractivity contribution in [2.75, 3.05) is 5.73 Å². The normalized spacial score (nSPS) is 10.8. The molecule has 6 heteroatoms. The lowest BCUT2D eigenvalue weighted by molar-refractivity contribution is 0.425. The van der Waals surface area contributed by atoms with Gasteiger partial charge >= 0.3 is 7.12 Å². The summed E-state index contributed by atoms with van der Waals surface area (Å²) in [6.07, 6.45) is 0. The van der Waals surface area contributed by atoms with Gasteiger partial charge in [-0.15, -0.1) is 11.3 Å². The van der Waals surface area contributed by atoms with Crippen molar-refractivity contribution in [1.82, 2.24) is 0 Å². The molecule has 0 aliphatic carbocycles. The van der Waals surface area contributed by atoms with E-state index in [1.807, 2.05) is 12.1 Å². The fourth-order valence-electron chi connectivity index (χ4n) is 1.31. The van der Waals surface area contributed by atoms with Crippen LogP contribution in [-0.4, -0.2) is 17.2 Å². The van der Waals surface area contributed by atoms with Crippen LogP contribution in [0.15, 0.2) is 18.2 Å². The van der Waals surface area contributed by atoms with Crippen LogP contribution in [0.2, 0.25) is 0 Å². The molecule has 0 spiro atoms. The van der Waals surface area contributed by atoms with E-state index in [2.05, 4.69) is 22.6 Å². The van der Waals surface area contributed by atoms with E-state index < -0.39 is 7.12 Å². The van der Waals surface area contributed by atoms with Crippen LogP contribution < -0.4 is 11.2 Å². The van der Waals surface area contributed by atoms with Gasteiger partial charge in [0.1, 0.15) is 0 Å². The molecule has 0 aliphatic rings. The first-order valence-electron chi connectivity index (χ1n) is 3.93. The molecule has 0 atom stereocenters. The number of fused-ring (bicyclic) bond motifs is 1. The van der Waals surface area contributed by atoms with Gasteiger partial charge in [0, 0.05) is 13.7 Å². The van der Waals surface area contributed by atoms with E-state index in [0.717, 1.165) is 18.7 Å². The smallest absolute Gasteiger partial charge is 0.423 e. The third-order valence-electron chi connectivity index (χ3n) is 1.96. The molecule has 1 heterocycles. The summed E-state index contributed by atoms with van der Waals surface area (Å²) in [7, 11) is -1.42. The number of hydrogen-bond donors (Lipinski definition) is 3. The number of benzene rings is 1. The Morgan fingerprint density at radius 3 is 2.71 bits per heavy atom. The Bertz CT molecular complexity index is 485. The summed E-state index contributed by atoms with van der Waals surface area (Å²) in [5, 5.41) is 19.9. The molecule has 3 nitrogen and oxygen atoms in total. The first kappa shape index (κ1) is 10.2. The quantitative estimate of drug-likeness (QED) is 0.537. The maximum absolute atomic E-state index is 9.09. The van der Waals surface area contributed by atoms with Gasteiger partial charge in [-0.05, 0) is 40.2 Å². The molecule has 0 bridgehead atoms. The lowest BCUT2D eigenvalue weighted by Gasteiger charge is -2.03. The number of hydrogen-bond acceptors (Lipinski definition) is 4. The van der Waals surface area contributed by atoms with Crippen LogP contribution in [0.5, 0.6) is 0 Å². The number of halogens is 1. The third-order valence-corrected chi connectivity index (χ3v) is 4.10. The van der Waals surface area contributed by atoms with Gasteiger partial charge in [0.25, 0.3) is 0 Å². The van der Waals surface area contributed by atoms with Crippen molar-refractivity contribution in [3.63, 3.8) is 0 Å². The molecule has 1 aromatic carbocycles. The predicted octanol–water partition coefficient (Wildman–Crippen LogP) is 0.768. The molecule has 0 saturated carbocycles. The molecule has 0 amide bonds. The minimum Gasteiger partial charge on any atom is -0.423 e. The molecule has 2 aromatic rings. The van der Waals surface area contributed by atoms with Crippen molar-refractivity contribution in [2.45, 2.75) is 0 Å². The highest BCUT2D eigenvalue weighted by atomic mass is 127. The second-order valence-electron chi connectivity index (χ2n) is 2.90. The Hall–Kier alpha value is -0.305. The highest BCUT2D eigenvalue weighted by molar-refractivity contribution is 14.1. The van der Waals surface area contributed by atoms with Crippen molar-refractivity contribution < 1.29 is 10.0 Å². The lowest BCUT2D eigenvalue weighted by Crippen LogP contribution is -2.32. The summed E-state index contributed by atoms with van der Waals surface area (Å²) in [5.74, 6) is 0. The van der Waals surface area contributed by atoms with E-state index in [4.69, 9.17) is 15.8 Å². The topological polar surface area (TPSA) is 66.5 Å². The van der Waals surface area contributed by atoms with E-state index >= 15 is 0 Å². The number of rotatable bonds is 1.